The maximum Gasteiger partial charge on any atom is 0.339 e. The molecule has 4 fully saturated rings. The molecule has 1 aromatic carbocycles. The van der Waals surface area contributed by atoms with Crippen LogP contribution in [0.1, 0.15) is 56.3 Å². The monoisotopic (exact) mass is 441 g/mol. The van der Waals surface area contributed by atoms with E-state index in [-0.39, 0.29) is 47.4 Å². The van der Waals surface area contributed by atoms with Crippen molar-refractivity contribution in [2.24, 2.45) is 22.7 Å². The molecular formula is C24H27NO7. The van der Waals surface area contributed by atoms with Crippen LogP contribution >= 0.6 is 0 Å². The van der Waals surface area contributed by atoms with E-state index in [9.17, 15) is 24.6 Å². The zero-order valence-electron chi connectivity index (χ0n) is 18.1. The van der Waals surface area contributed by atoms with Gasteiger partial charge in [0.25, 0.3) is 0 Å². The molecule has 6 rings (SSSR count). The van der Waals surface area contributed by atoms with Crippen LogP contribution in [0.3, 0.4) is 0 Å². The van der Waals surface area contributed by atoms with Crippen LogP contribution in [0.15, 0.2) is 24.3 Å². The maximum absolute atomic E-state index is 13.1. The fraction of sp³-hybridized carbons (Fsp3) is 0.542. The number of aromatic carboxylic acids is 1. The number of carboxylic acids is 1. The zero-order chi connectivity index (χ0) is 23.1. The number of allylic oxidation sites excluding steroid dienone is 2. The first-order valence-electron chi connectivity index (χ1n) is 11.0. The molecule has 1 unspecified atom stereocenters. The molecule has 8 nitrogen and oxygen atoms in total. The predicted molar refractivity (Wildman–Crippen MR) is 113 cm³/mol. The lowest BCUT2D eigenvalue weighted by atomic mass is 9.51. The molecule has 5 aliphatic rings. The Balaban J connectivity index is 1.36. The van der Waals surface area contributed by atoms with E-state index >= 15 is 0 Å². The molecule has 0 radical (unpaired) electrons. The van der Waals surface area contributed by atoms with Crippen LogP contribution in [0.5, 0.6) is 11.5 Å². The number of rotatable bonds is 5. The van der Waals surface area contributed by atoms with E-state index in [1.807, 2.05) is 6.92 Å². The van der Waals surface area contributed by atoms with Crippen LogP contribution < -0.4 is 5.32 Å². The fourth-order valence-electron chi connectivity index (χ4n) is 7.09. The van der Waals surface area contributed by atoms with Gasteiger partial charge >= 0.3 is 5.97 Å². The molecule has 1 spiro atoms. The number of carboxylic acid groups (broad SMARTS) is 1. The Labute approximate surface area is 185 Å². The van der Waals surface area contributed by atoms with E-state index in [0.29, 0.717) is 5.92 Å². The largest absolute Gasteiger partial charge is 0.506 e. The number of anilines is 1. The highest BCUT2D eigenvalue weighted by atomic mass is 16.5. The number of ether oxygens (including phenoxy) is 1. The second-order valence-corrected chi connectivity index (χ2v) is 10.3. The normalized spacial score (nSPS) is 38.7. The van der Waals surface area contributed by atoms with Gasteiger partial charge in [-0.25, -0.2) is 4.79 Å². The van der Waals surface area contributed by atoms with Gasteiger partial charge in [-0.3, -0.25) is 9.59 Å². The van der Waals surface area contributed by atoms with Crippen molar-refractivity contribution in [2.45, 2.75) is 57.7 Å². The summed E-state index contributed by atoms with van der Waals surface area (Å²) in [5.74, 6) is -2.55. The number of carbonyl (C=O) groups is 3. The molecule has 2 saturated carbocycles. The molecule has 32 heavy (non-hydrogen) atoms. The second-order valence-electron chi connectivity index (χ2n) is 10.3. The van der Waals surface area contributed by atoms with Crippen molar-refractivity contribution in [3.05, 3.63) is 29.8 Å². The van der Waals surface area contributed by atoms with Crippen LogP contribution in [0, 0.1) is 22.7 Å². The lowest BCUT2D eigenvalue weighted by Crippen LogP contribution is -2.56. The molecule has 6 atom stereocenters. The third-order valence-corrected chi connectivity index (χ3v) is 8.44. The van der Waals surface area contributed by atoms with Gasteiger partial charge in [0.2, 0.25) is 5.91 Å². The molecule has 2 aliphatic heterocycles. The summed E-state index contributed by atoms with van der Waals surface area (Å²) in [5.41, 5.74) is -1.75. The van der Waals surface area contributed by atoms with Gasteiger partial charge in [-0.1, -0.05) is 13.0 Å². The number of hydrogen-bond donors (Lipinski definition) is 4. The lowest BCUT2D eigenvalue weighted by Gasteiger charge is -2.55. The molecule has 4 bridgehead atoms. The topological polar surface area (TPSA) is 133 Å². The Morgan fingerprint density at radius 1 is 1.25 bits per heavy atom. The summed E-state index contributed by atoms with van der Waals surface area (Å²) in [5, 5.41) is 31.7. The van der Waals surface area contributed by atoms with Crippen molar-refractivity contribution in [3.8, 4) is 11.5 Å². The number of phenolic OH excluding ortho intramolecular Hbond substituents is 1. The summed E-state index contributed by atoms with van der Waals surface area (Å²) < 4.78 is 6.41. The molecule has 2 saturated heterocycles. The quantitative estimate of drug-likeness (QED) is 0.516. The van der Waals surface area contributed by atoms with Gasteiger partial charge in [0.1, 0.15) is 17.0 Å². The minimum atomic E-state index is -1.38. The van der Waals surface area contributed by atoms with Crippen molar-refractivity contribution >= 4 is 23.3 Å². The standard InChI is InChI=1S/C24H27NO7/c1-22(7-6-17(28)25-18-14(26)4-3-13(19(18)29)21(30)31)16(27)5-8-24-10-12-9-15(20(22)24)32-23(12,2)11-24/h3-5,8,12,15,20,26,29H,6-7,9-11H2,1-2H3,(H,25,28)(H,30,31)/t12?,15-,20-,22+,23-,24-/m0/s1. The van der Waals surface area contributed by atoms with Gasteiger partial charge < -0.3 is 25.4 Å². The van der Waals surface area contributed by atoms with E-state index in [2.05, 4.69) is 18.3 Å². The van der Waals surface area contributed by atoms with Crippen LogP contribution in [0.4, 0.5) is 5.69 Å². The summed E-state index contributed by atoms with van der Waals surface area (Å²) in [6, 6.07) is 2.16. The number of nitrogens with one attached hydrogen (secondary N) is 1. The maximum atomic E-state index is 13.1. The number of carbonyl (C=O) groups excluding carboxylic acids is 2. The molecule has 0 aromatic heterocycles. The number of benzene rings is 1. The Morgan fingerprint density at radius 3 is 2.69 bits per heavy atom. The van der Waals surface area contributed by atoms with E-state index < -0.39 is 34.4 Å². The van der Waals surface area contributed by atoms with Crippen molar-refractivity contribution in [1.29, 1.82) is 0 Å². The Bertz CT molecular complexity index is 1080. The van der Waals surface area contributed by atoms with E-state index in [0.717, 1.165) is 31.4 Å². The third kappa shape index (κ3) is 2.75. The van der Waals surface area contributed by atoms with Crippen molar-refractivity contribution in [1.82, 2.24) is 0 Å². The number of phenols is 2. The fourth-order valence-corrected chi connectivity index (χ4v) is 7.09. The molecular weight excluding hydrogens is 414 g/mol. The minimum absolute atomic E-state index is 0.00395. The summed E-state index contributed by atoms with van der Waals surface area (Å²) in [6.45, 7) is 4.08. The SMILES string of the molecule is C[C@]12C[C@@]34C=CC(=O)[C@@](C)(CCC(=O)Nc5c(O)ccc(C(=O)O)c5O)[C@@H]3[C@H](CC1C4)O2. The molecule has 1 amide bonds. The zero-order valence-corrected chi connectivity index (χ0v) is 18.1. The van der Waals surface area contributed by atoms with E-state index in [4.69, 9.17) is 9.84 Å². The minimum Gasteiger partial charge on any atom is -0.506 e. The van der Waals surface area contributed by atoms with Crippen LogP contribution in [-0.4, -0.2) is 44.7 Å². The summed E-state index contributed by atoms with van der Waals surface area (Å²) >= 11 is 0. The number of amides is 1. The van der Waals surface area contributed by atoms with E-state index in [1.54, 1.807) is 6.08 Å². The highest BCUT2D eigenvalue weighted by Gasteiger charge is 2.71. The highest BCUT2D eigenvalue weighted by molar-refractivity contribution is 6.00. The number of hydrogen-bond acceptors (Lipinski definition) is 6. The number of ketones is 1. The first-order chi connectivity index (χ1) is 15.0. The molecule has 2 heterocycles. The van der Waals surface area contributed by atoms with Gasteiger partial charge in [0.15, 0.2) is 11.5 Å². The van der Waals surface area contributed by atoms with Crippen LogP contribution in [-0.2, 0) is 14.3 Å². The molecule has 1 aromatic rings. The summed E-state index contributed by atoms with van der Waals surface area (Å²) in [7, 11) is 0. The molecule has 3 aliphatic carbocycles. The third-order valence-electron chi connectivity index (χ3n) is 8.44. The van der Waals surface area contributed by atoms with Gasteiger partial charge in [-0.05, 0) is 62.1 Å². The lowest BCUT2D eigenvalue weighted by molar-refractivity contribution is -0.169. The second kappa shape index (κ2) is 6.57. The highest BCUT2D eigenvalue weighted by Crippen LogP contribution is 2.71. The van der Waals surface area contributed by atoms with Crippen molar-refractivity contribution < 1.29 is 34.4 Å². The average Bonchev–Trinajstić information content (AvgIpc) is 3.08. The van der Waals surface area contributed by atoms with Gasteiger partial charge in [-0.2, -0.15) is 0 Å². The Kier molecular flexibility index (Phi) is 4.31. The van der Waals surface area contributed by atoms with Gasteiger partial charge in [0, 0.05) is 17.8 Å². The van der Waals surface area contributed by atoms with Crippen molar-refractivity contribution in [2.75, 3.05) is 5.32 Å². The number of aromatic hydroxyl groups is 2. The van der Waals surface area contributed by atoms with Crippen molar-refractivity contribution in [3.63, 3.8) is 0 Å². The summed E-state index contributed by atoms with van der Waals surface area (Å²) in [4.78, 5) is 37.0. The van der Waals surface area contributed by atoms with Gasteiger partial charge in [-0.15, -0.1) is 0 Å². The van der Waals surface area contributed by atoms with E-state index in [1.165, 1.54) is 0 Å². The smallest absolute Gasteiger partial charge is 0.339 e. The first-order valence-corrected chi connectivity index (χ1v) is 11.0. The first kappa shape index (κ1) is 21.0. The van der Waals surface area contributed by atoms with Crippen LogP contribution in [0.25, 0.3) is 0 Å². The Morgan fingerprint density at radius 2 is 2.00 bits per heavy atom. The molecule has 4 N–H and O–H groups in total. The molecule has 170 valence electrons. The average molecular weight is 441 g/mol. The Hall–Kier alpha value is -2.87. The summed E-state index contributed by atoms with van der Waals surface area (Å²) in [6.07, 6.45) is 6.86. The van der Waals surface area contributed by atoms with Crippen LogP contribution in [0.2, 0.25) is 0 Å². The predicted octanol–water partition coefficient (Wildman–Crippen LogP) is 3.23. The van der Waals surface area contributed by atoms with Gasteiger partial charge in [0.05, 0.1) is 11.7 Å². The molecule has 8 heteroatoms.